The summed E-state index contributed by atoms with van der Waals surface area (Å²) in [6.45, 7) is 14.7. The molecule has 9 heteroatoms. The van der Waals surface area contributed by atoms with Crippen molar-refractivity contribution in [3.63, 3.8) is 0 Å². The van der Waals surface area contributed by atoms with E-state index in [1.54, 1.807) is 6.20 Å². The summed E-state index contributed by atoms with van der Waals surface area (Å²) < 4.78 is 16.3. The maximum atomic E-state index is 12.1. The quantitative estimate of drug-likeness (QED) is 0.310. The summed E-state index contributed by atoms with van der Waals surface area (Å²) in [6, 6.07) is -0.126. The van der Waals surface area contributed by atoms with Gasteiger partial charge in [-0.15, -0.1) is 0 Å². The van der Waals surface area contributed by atoms with Crippen molar-refractivity contribution < 1.29 is 19.0 Å². The van der Waals surface area contributed by atoms with Crippen LogP contribution in [0.3, 0.4) is 0 Å². The van der Waals surface area contributed by atoms with Gasteiger partial charge in [0.25, 0.3) is 0 Å². The molecule has 1 aromatic rings. The standard InChI is InChI=1S/C22H35ClN4O4/c1-8-15(4)17(14-25-21(28)31-22(5,6)7)26-19-16(13-24-20(23)27-19)11-12-18(29-9-2)30-10-3/h13,15,17-18H,8-10,14H2,1-7H3,(H,25,28)(H,24,26,27). The molecule has 0 spiro atoms. The van der Waals surface area contributed by atoms with E-state index < -0.39 is 18.0 Å². The molecule has 0 saturated carbocycles. The lowest BCUT2D eigenvalue weighted by atomic mass is 9.99. The number of hydrogen-bond acceptors (Lipinski definition) is 7. The Hall–Kier alpha value is -2.08. The molecule has 1 aromatic heterocycles. The molecule has 0 aromatic carbocycles. The Balaban J connectivity index is 3.04. The van der Waals surface area contributed by atoms with Gasteiger partial charge in [0.05, 0.1) is 5.56 Å². The highest BCUT2D eigenvalue weighted by Crippen LogP contribution is 2.18. The summed E-state index contributed by atoms with van der Waals surface area (Å²) >= 11 is 6.03. The van der Waals surface area contributed by atoms with Gasteiger partial charge in [0.1, 0.15) is 11.4 Å². The van der Waals surface area contributed by atoms with Crippen LogP contribution in [-0.2, 0) is 14.2 Å². The Kier molecular flexibility index (Phi) is 11.6. The summed E-state index contributed by atoms with van der Waals surface area (Å²) in [5.74, 6) is 6.66. The van der Waals surface area contributed by atoms with Crippen LogP contribution >= 0.6 is 11.6 Å². The number of ether oxygens (including phenoxy) is 3. The Morgan fingerprint density at radius 3 is 2.42 bits per heavy atom. The SMILES string of the molecule is CCOC(C#Cc1cnc(Cl)nc1NC(CNC(=O)OC(C)(C)C)C(C)CC)OCC. The first-order chi connectivity index (χ1) is 14.6. The second-order valence-corrected chi connectivity index (χ2v) is 8.27. The molecule has 1 rings (SSSR count). The van der Waals surface area contributed by atoms with Crippen molar-refractivity contribution in [1.82, 2.24) is 15.3 Å². The smallest absolute Gasteiger partial charge is 0.407 e. The summed E-state index contributed by atoms with van der Waals surface area (Å²) in [7, 11) is 0. The number of carbonyl (C=O) groups is 1. The van der Waals surface area contributed by atoms with Crippen molar-refractivity contribution in [2.75, 3.05) is 25.1 Å². The average Bonchev–Trinajstić information content (AvgIpc) is 2.68. The van der Waals surface area contributed by atoms with E-state index in [4.69, 9.17) is 25.8 Å². The lowest BCUT2D eigenvalue weighted by Gasteiger charge is -2.26. The monoisotopic (exact) mass is 454 g/mol. The van der Waals surface area contributed by atoms with Gasteiger partial charge in [0.15, 0.2) is 0 Å². The number of alkyl carbamates (subject to hydrolysis) is 1. The largest absolute Gasteiger partial charge is 0.444 e. The molecule has 0 aliphatic heterocycles. The molecule has 1 amide bonds. The molecule has 1 heterocycles. The van der Waals surface area contributed by atoms with Crippen molar-refractivity contribution in [2.24, 2.45) is 5.92 Å². The van der Waals surface area contributed by atoms with Crippen LogP contribution < -0.4 is 10.6 Å². The number of carbonyl (C=O) groups excluding carboxylic acids is 1. The van der Waals surface area contributed by atoms with Gasteiger partial charge in [-0.05, 0) is 58.1 Å². The molecular weight excluding hydrogens is 420 g/mol. The highest BCUT2D eigenvalue weighted by Gasteiger charge is 2.21. The molecule has 0 radical (unpaired) electrons. The number of anilines is 1. The molecule has 0 aliphatic carbocycles. The molecule has 8 nitrogen and oxygen atoms in total. The number of nitrogens with zero attached hydrogens (tertiary/aromatic N) is 2. The number of halogens is 1. The average molecular weight is 455 g/mol. The van der Waals surface area contributed by atoms with Gasteiger partial charge in [0, 0.05) is 32.0 Å². The fourth-order valence-electron chi connectivity index (χ4n) is 2.49. The van der Waals surface area contributed by atoms with E-state index in [-0.39, 0.29) is 17.2 Å². The van der Waals surface area contributed by atoms with Gasteiger partial charge in [-0.3, -0.25) is 0 Å². The minimum absolute atomic E-state index is 0.0993. The molecule has 2 N–H and O–H groups in total. The molecule has 31 heavy (non-hydrogen) atoms. The zero-order valence-corrected chi connectivity index (χ0v) is 20.3. The molecule has 2 atom stereocenters. The van der Waals surface area contributed by atoms with Crippen LogP contribution in [-0.4, -0.2) is 53.8 Å². The van der Waals surface area contributed by atoms with Crippen molar-refractivity contribution in [1.29, 1.82) is 0 Å². The van der Waals surface area contributed by atoms with Gasteiger partial charge >= 0.3 is 6.09 Å². The second-order valence-electron chi connectivity index (χ2n) is 7.93. The van der Waals surface area contributed by atoms with E-state index in [1.807, 2.05) is 34.6 Å². The zero-order chi connectivity index (χ0) is 23.4. The first kappa shape index (κ1) is 27.0. The first-order valence-electron chi connectivity index (χ1n) is 10.6. The third-order valence-electron chi connectivity index (χ3n) is 4.24. The summed E-state index contributed by atoms with van der Waals surface area (Å²) in [4.78, 5) is 20.4. The van der Waals surface area contributed by atoms with E-state index in [0.29, 0.717) is 31.1 Å². The maximum absolute atomic E-state index is 12.1. The van der Waals surface area contributed by atoms with E-state index in [0.717, 1.165) is 6.42 Å². The molecule has 2 unspecified atom stereocenters. The van der Waals surface area contributed by atoms with Gasteiger partial charge in [-0.1, -0.05) is 26.2 Å². The van der Waals surface area contributed by atoms with E-state index in [1.165, 1.54) is 0 Å². The van der Waals surface area contributed by atoms with Crippen molar-refractivity contribution >= 4 is 23.5 Å². The fraction of sp³-hybridized carbons (Fsp3) is 0.682. The van der Waals surface area contributed by atoms with Gasteiger partial charge < -0.3 is 24.8 Å². The third kappa shape index (κ3) is 10.7. The van der Waals surface area contributed by atoms with E-state index >= 15 is 0 Å². The van der Waals surface area contributed by atoms with E-state index in [9.17, 15) is 4.79 Å². The summed E-state index contributed by atoms with van der Waals surface area (Å²) in [5, 5.41) is 6.27. The predicted octanol–water partition coefficient (Wildman–Crippen LogP) is 4.23. The van der Waals surface area contributed by atoms with Crippen LogP contribution in [0.4, 0.5) is 10.6 Å². The number of hydrogen-bond donors (Lipinski definition) is 2. The molecule has 0 bridgehead atoms. The minimum Gasteiger partial charge on any atom is -0.444 e. The van der Waals surface area contributed by atoms with Gasteiger partial charge in [0.2, 0.25) is 11.6 Å². The van der Waals surface area contributed by atoms with Gasteiger partial charge in [-0.2, -0.15) is 4.98 Å². The van der Waals surface area contributed by atoms with Crippen LogP contribution in [0.15, 0.2) is 6.20 Å². The van der Waals surface area contributed by atoms with E-state index in [2.05, 4.69) is 46.3 Å². The Morgan fingerprint density at radius 1 is 1.23 bits per heavy atom. The predicted molar refractivity (Wildman–Crippen MR) is 122 cm³/mol. The van der Waals surface area contributed by atoms with Crippen LogP contribution in [0.25, 0.3) is 0 Å². The first-order valence-corrected chi connectivity index (χ1v) is 11.0. The lowest BCUT2D eigenvalue weighted by molar-refractivity contribution is -0.0969. The zero-order valence-electron chi connectivity index (χ0n) is 19.5. The number of rotatable bonds is 10. The molecule has 0 aliphatic rings. The minimum atomic E-state index is -0.641. The van der Waals surface area contributed by atoms with Crippen LogP contribution in [0.1, 0.15) is 60.5 Å². The summed E-state index contributed by atoms with van der Waals surface area (Å²) in [6.07, 6.45) is 1.33. The normalized spacial score (nSPS) is 13.2. The molecule has 0 saturated heterocycles. The Bertz CT molecular complexity index is 752. The topological polar surface area (TPSA) is 94.6 Å². The second kappa shape index (κ2) is 13.4. The number of nitrogens with one attached hydrogen (secondary N) is 2. The summed E-state index contributed by atoms with van der Waals surface area (Å²) in [5.41, 5.74) is -0.0105. The van der Waals surface area contributed by atoms with Gasteiger partial charge in [-0.25, -0.2) is 9.78 Å². The number of amides is 1. The van der Waals surface area contributed by atoms with Crippen LogP contribution in [0.2, 0.25) is 5.28 Å². The lowest BCUT2D eigenvalue weighted by Crippen LogP contribution is -2.42. The highest BCUT2D eigenvalue weighted by atomic mass is 35.5. The molecular formula is C22H35ClN4O4. The van der Waals surface area contributed by atoms with Crippen LogP contribution in [0, 0.1) is 17.8 Å². The highest BCUT2D eigenvalue weighted by molar-refractivity contribution is 6.28. The van der Waals surface area contributed by atoms with Crippen molar-refractivity contribution in [3.8, 4) is 11.8 Å². The fourth-order valence-corrected chi connectivity index (χ4v) is 2.63. The molecule has 0 fully saturated rings. The van der Waals surface area contributed by atoms with Crippen LogP contribution in [0.5, 0.6) is 0 Å². The van der Waals surface area contributed by atoms with Crippen molar-refractivity contribution in [3.05, 3.63) is 17.0 Å². The molecule has 174 valence electrons. The number of aromatic nitrogens is 2. The van der Waals surface area contributed by atoms with Crippen molar-refractivity contribution in [2.45, 2.75) is 72.8 Å². The Labute approximate surface area is 190 Å². The third-order valence-corrected chi connectivity index (χ3v) is 4.42. The Morgan fingerprint density at radius 2 is 1.87 bits per heavy atom. The maximum Gasteiger partial charge on any atom is 0.407 e.